The first kappa shape index (κ1) is 20.5. The van der Waals surface area contributed by atoms with E-state index in [1.165, 1.54) is 22.7 Å². The third-order valence-corrected chi connectivity index (χ3v) is 6.20. The lowest BCUT2D eigenvalue weighted by atomic mass is 10.1. The number of aromatic nitrogens is 2. The van der Waals surface area contributed by atoms with Crippen LogP contribution >= 0.6 is 11.5 Å². The quantitative estimate of drug-likeness (QED) is 0.587. The lowest BCUT2D eigenvalue weighted by molar-refractivity contribution is -0.131. The molecule has 0 saturated carbocycles. The van der Waals surface area contributed by atoms with E-state index in [1.807, 2.05) is 41.1 Å². The molecule has 1 aromatic heterocycles. The molecule has 1 fully saturated rings. The van der Waals surface area contributed by atoms with Crippen molar-refractivity contribution in [2.75, 3.05) is 44.7 Å². The van der Waals surface area contributed by atoms with Crippen molar-refractivity contribution in [3.8, 4) is 0 Å². The van der Waals surface area contributed by atoms with Crippen LogP contribution in [0, 0.1) is 0 Å². The summed E-state index contributed by atoms with van der Waals surface area (Å²) in [6, 6.07) is 20.7. The number of piperazine rings is 1. The second-order valence-electron chi connectivity index (χ2n) is 7.65. The van der Waals surface area contributed by atoms with E-state index >= 15 is 0 Å². The molecule has 1 aliphatic rings. The van der Waals surface area contributed by atoms with Crippen molar-refractivity contribution < 1.29 is 4.79 Å². The number of rotatable bonds is 7. The fourth-order valence-corrected chi connectivity index (χ4v) is 4.26. The summed E-state index contributed by atoms with van der Waals surface area (Å²) in [5.74, 6) is 0.951. The summed E-state index contributed by atoms with van der Waals surface area (Å²) in [4.78, 5) is 23.7. The Balaban J connectivity index is 1.25. The zero-order valence-electron chi connectivity index (χ0n) is 17.3. The van der Waals surface area contributed by atoms with Crippen LogP contribution in [0.2, 0.25) is 0 Å². The van der Waals surface area contributed by atoms with Gasteiger partial charge >= 0.3 is 0 Å². The van der Waals surface area contributed by atoms with Gasteiger partial charge in [-0.15, -0.1) is 0 Å². The molecule has 0 spiro atoms. The zero-order chi connectivity index (χ0) is 20.8. The first-order valence-corrected chi connectivity index (χ1v) is 11.1. The average Bonchev–Trinajstić information content (AvgIpc) is 3.24. The Hall–Kier alpha value is -2.77. The predicted molar refractivity (Wildman–Crippen MR) is 121 cm³/mol. The van der Waals surface area contributed by atoms with Gasteiger partial charge in [0.1, 0.15) is 5.82 Å². The maximum Gasteiger partial charge on any atom is 0.242 e. The normalized spacial score (nSPS) is 14.6. The SMILES string of the molecule is CN(CC(=O)N1CCN(Cc2ccccc2)CC1)c1nc(Cc2ccccc2)ns1. The van der Waals surface area contributed by atoms with Crippen molar-refractivity contribution in [3.63, 3.8) is 0 Å². The third-order valence-electron chi connectivity index (χ3n) is 5.34. The van der Waals surface area contributed by atoms with Gasteiger partial charge in [-0.05, 0) is 11.1 Å². The number of benzene rings is 2. The molecule has 0 N–H and O–H groups in total. The molecule has 0 atom stereocenters. The molecular formula is C23H27N5OS. The molecule has 4 rings (SSSR count). The molecule has 2 heterocycles. The van der Waals surface area contributed by atoms with Crippen LogP contribution in [0.15, 0.2) is 60.7 Å². The van der Waals surface area contributed by atoms with Crippen LogP contribution in [0.3, 0.4) is 0 Å². The van der Waals surface area contributed by atoms with Gasteiger partial charge < -0.3 is 9.80 Å². The van der Waals surface area contributed by atoms with Gasteiger partial charge in [-0.1, -0.05) is 60.7 Å². The van der Waals surface area contributed by atoms with E-state index in [1.54, 1.807) is 0 Å². The molecule has 3 aromatic rings. The van der Waals surface area contributed by atoms with Crippen molar-refractivity contribution in [2.24, 2.45) is 0 Å². The van der Waals surface area contributed by atoms with Gasteiger partial charge in [0.05, 0.1) is 6.54 Å². The van der Waals surface area contributed by atoms with Crippen LogP contribution in [-0.2, 0) is 17.8 Å². The summed E-state index contributed by atoms with van der Waals surface area (Å²) < 4.78 is 4.46. The minimum atomic E-state index is 0.150. The van der Waals surface area contributed by atoms with Crippen molar-refractivity contribution >= 4 is 22.6 Å². The Morgan fingerprint density at radius 1 is 0.967 bits per heavy atom. The summed E-state index contributed by atoms with van der Waals surface area (Å²) >= 11 is 1.35. The molecule has 2 aromatic carbocycles. The molecule has 0 bridgehead atoms. The van der Waals surface area contributed by atoms with E-state index in [0.717, 1.165) is 43.7 Å². The van der Waals surface area contributed by atoms with Crippen molar-refractivity contribution in [2.45, 2.75) is 13.0 Å². The van der Waals surface area contributed by atoms with E-state index in [9.17, 15) is 4.79 Å². The van der Waals surface area contributed by atoms with Crippen molar-refractivity contribution in [3.05, 3.63) is 77.6 Å². The van der Waals surface area contributed by atoms with Crippen molar-refractivity contribution in [1.29, 1.82) is 0 Å². The van der Waals surface area contributed by atoms with E-state index in [-0.39, 0.29) is 5.91 Å². The van der Waals surface area contributed by atoms with Gasteiger partial charge in [-0.25, -0.2) is 4.98 Å². The molecule has 0 radical (unpaired) electrons. The van der Waals surface area contributed by atoms with Gasteiger partial charge in [0.2, 0.25) is 11.0 Å². The number of hydrogen-bond acceptors (Lipinski definition) is 6. The summed E-state index contributed by atoms with van der Waals surface area (Å²) in [7, 11) is 1.91. The van der Waals surface area contributed by atoms with Gasteiger partial charge in [0.25, 0.3) is 0 Å². The maximum atomic E-state index is 12.8. The zero-order valence-corrected chi connectivity index (χ0v) is 18.1. The second kappa shape index (κ2) is 9.82. The fourth-order valence-electron chi connectivity index (χ4n) is 3.62. The first-order valence-electron chi connectivity index (χ1n) is 10.3. The van der Waals surface area contributed by atoms with E-state index < -0.39 is 0 Å². The largest absolute Gasteiger partial charge is 0.341 e. The highest BCUT2D eigenvalue weighted by atomic mass is 32.1. The van der Waals surface area contributed by atoms with Crippen LogP contribution < -0.4 is 4.90 Å². The number of amides is 1. The van der Waals surface area contributed by atoms with E-state index in [0.29, 0.717) is 13.0 Å². The average molecular weight is 422 g/mol. The molecular weight excluding hydrogens is 394 g/mol. The fraction of sp³-hybridized carbons (Fsp3) is 0.348. The Kier molecular flexibility index (Phi) is 6.71. The van der Waals surface area contributed by atoms with Crippen LogP contribution in [0.25, 0.3) is 0 Å². The molecule has 1 aliphatic heterocycles. The highest BCUT2D eigenvalue weighted by Crippen LogP contribution is 2.18. The number of likely N-dealkylation sites (N-methyl/N-ethyl adjacent to an activating group) is 1. The maximum absolute atomic E-state index is 12.8. The number of carbonyl (C=O) groups excluding carboxylic acids is 1. The highest BCUT2D eigenvalue weighted by molar-refractivity contribution is 7.09. The number of hydrogen-bond donors (Lipinski definition) is 0. The summed E-state index contributed by atoms with van der Waals surface area (Å²) in [5, 5.41) is 0.789. The highest BCUT2D eigenvalue weighted by Gasteiger charge is 2.23. The molecule has 0 unspecified atom stereocenters. The Labute approximate surface area is 181 Å². The third kappa shape index (κ3) is 5.43. The molecule has 30 heavy (non-hydrogen) atoms. The number of anilines is 1. The lowest BCUT2D eigenvalue weighted by Crippen LogP contribution is -2.50. The Morgan fingerprint density at radius 2 is 1.60 bits per heavy atom. The van der Waals surface area contributed by atoms with Crippen LogP contribution in [0.4, 0.5) is 5.13 Å². The first-order chi connectivity index (χ1) is 14.7. The molecule has 1 amide bonds. The number of nitrogens with zero attached hydrogens (tertiary/aromatic N) is 5. The molecule has 156 valence electrons. The summed E-state index contributed by atoms with van der Waals surface area (Å²) in [5.41, 5.74) is 2.51. The molecule has 6 nitrogen and oxygen atoms in total. The second-order valence-corrected chi connectivity index (χ2v) is 8.38. The minimum Gasteiger partial charge on any atom is -0.341 e. The molecule has 0 aliphatic carbocycles. The van der Waals surface area contributed by atoms with Gasteiger partial charge in [0, 0.05) is 57.7 Å². The smallest absolute Gasteiger partial charge is 0.242 e. The minimum absolute atomic E-state index is 0.150. The number of carbonyl (C=O) groups is 1. The van der Waals surface area contributed by atoms with Crippen molar-refractivity contribution in [1.82, 2.24) is 19.2 Å². The van der Waals surface area contributed by atoms with Crippen LogP contribution in [-0.4, -0.2) is 64.8 Å². The lowest BCUT2D eigenvalue weighted by Gasteiger charge is -2.35. The molecule has 7 heteroatoms. The van der Waals surface area contributed by atoms with E-state index in [4.69, 9.17) is 0 Å². The predicted octanol–water partition coefficient (Wildman–Crippen LogP) is 2.91. The van der Waals surface area contributed by atoms with Gasteiger partial charge in [0.15, 0.2) is 0 Å². The summed E-state index contributed by atoms with van der Waals surface area (Å²) in [6.07, 6.45) is 0.711. The van der Waals surface area contributed by atoms with E-state index in [2.05, 4.69) is 50.7 Å². The molecule has 1 saturated heterocycles. The standard InChI is InChI=1S/C23H27N5OS/c1-26(23-24-21(25-30-23)16-19-8-4-2-5-9-19)18-22(29)28-14-12-27(13-15-28)17-20-10-6-3-7-11-20/h2-11H,12-18H2,1H3. The Morgan fingerprint density at radius 3 is 2.27 bits per heavy atom. The van der Waals surface area contributed by atoms with Gasteiger partial charge in [-0.2, -0.15) is 4.37 Å². The Bertz CT molecular complexity index is 938. The monoisotopic (exact) mass is 421 g/mol. The van der Waals surface area contributed by atoms with Crippen LogP contribution in [0.1, 0.15) is 17.0 Å². The van der Waals surface area contributed by atoms with Gasteiger partial charge in [-0.3, -0.25) is 9.69 Å². The van der Waals surface area contributed by atoms with Crippen LogP contribution in [0.5, 0.6) is 0 Å². The topological polar surface area (TPSA) is 52.6 Å². The summed E-state index contributed by atoms with van der Waals surface area (Å²) in [6.45, 7) is 4.63.